The largest absolute Gasteiger partial charge is 0.463 e. The van der Waals surface area contributed by atoms with Gasteiger partial charge in [0.2, 0.25) is 0 Å². The number of ether oxygens (including phenoxy) is 2. The molecule has 12 nitrogen and oxygen atoms in total. The van der Waals surface area contributed by atoms with Crippen LogP contribution in [0.15, 0.2) is 27.0 Å². The van der Waals surface area contributed by atoms with Gasteiger partial charge in [0, 0.05) is 0 Å². The summed E-state index contributed by atoms with van der Waals surface area (Å²) in [6.07, 6.45) is -0.858. The van der Waals surface area contributed by atoms with E-state index >= 15 is 0 Å². The average molecular weight is 514 g/mol. The second kappa shape index (κ2) is 13.9. The van der Waals surface area contributed by atoms with Crippen molar-refractivity contribution >= 4 is 11.9 Å². The lowest BCUT2D eigenvalue weighted by atomic mass is 9.84. The first-order valence-corrected chi connectivity index (χ1v) is 12.0. The Morgan fingerprint density at radius 1 is 0.944 bits per heavy atom. The zero-order valence-corrected chi connectivity index (χ0v) is 21.8. The highest BCUT2D eigenvalue weighted by Gasteiger charge is 2.24. The van der Waals surface area contributed by atoms with E-state index in [4.69, 9.17) is 9.47 Å². The van der Waals surface area contributed by atoms with Crippen LogP contribution < -0.4 is 17.1 Å². The second-order valence-electron chi connectivity index (χ2n) is 9.72. The molecule has 1 heterocycles. The molecule has 1 aromatic heterocycles. The molecule has 2 N–H and O–H groups in total. The monoisotopic (exact) mass is 513 g/mol. The van der Waals surface area contributed by atoms with Crippen molar-refractivity contribution in [1.82, 2.24) is 13.7 Å². The molecule has 0 aromatic carbocycles. The predicted octanol–water partition coefficient (Wildman–Crippen LogP) is 0.181. The van der Waals surface area contributed by atoms with E-state index in [1.54, 1.807) is 13.8 Å². The maximum absolute atomic E-state index is 13.0. The Hall–Kier alpha value is -2.99. The fraction of sp³-hybridized carbons (Fsp3) is 0.708. The van der Waals surface area contributed by atoms with Crippen LogP contribution >= 0.6 is 0 Å². The zero-order chi connectivity index (χ0) is 27.6. The fourth-order valence-electron chi connectivity index (χ4n) is 3.39. The molecular formula is C24H39N3O9. The molecule has 204 valence electrons. The van der Waals surface area contributed by atoms with Crippen LogP contribution in [0, 0.1) is 5.41 Å². The molecule has 0 saturated carbocycles. The zero-order valence-electron chi connectivity index (χ0n) is 21.8. The van der Waals surface area contributed by atoms with Crippen molar-refractivity contribution in [3.05, 3.63) is 44.1 Å². The van der Waals surface area contributed by atoms with Gasteiger partial charge in [-0.1, -0.05) is 33.3 Å². The lowest BCUT2D eigenvalue weighted by Crippen LogP contribution is -2.56. The van der Waals surface area contributed by atoms with Gasteiger partial charge in [-0.05, 0) is 25.7 Å². The van der Waals surface area contributed by atoms with Gasteiger partial charge in [-0.2, -0.15) is 0 Å². The summed E-state index contributed by atoms with van der Waals surface area (Å²) < 4.78 is 12.0. The van der Waals surface area contributed by atoms with Gasteiger partial charge in [0.1, 0.15) is 12.7 Å². The molecule has 0 aliphatic carbocycles. The summed E-state index contributed by atoms with van der Waals surface area (Å²) in [5.41, 5.74) is -3.10. The van der Waals surface area contributed by atoms with Crippen molar-refractivity contribution < 1.29 is 29.3 Å². The normalized spacial score (nSPS) is 13.3. The lowest BCUT2D eigenvalue weighted by molar-refractivity contribution is -0.153. The number of hydrogen-bond donors (Lipinski definition) is 2. The number of carbonyl (C=O) groups excluding carboxylic acids is 2. The number of carbonyl (C=O) groups is 2. The number of allylic oxidation sites excluding steroid dienone is 1. The molecule has 2 atom stereocenters. The molecule has 36 heavy (non-hydrogen) atoms. The number of hydrogen-bond acceptors (Lipinski definition) is 9. The van der Waals surface area contributed by atoms with Gasteiger partial charge in [0.15, 0.2) is 0 Å². The van der Waals surface area contributed by atoms with Crippen LogP contribution in [0.1, 0.15) is 60.3 Å². The minimum Gasteiger partial charge on any atom is -0.463 e. The smallest absolute Gasteiger partial charge is 0.336 e. The Balaban J connectivity index is 3.03. The van der Waals surface area contributed by atoms with E-state index in [0.717, 1.165) is 15.6 Å². The predicted molar refractivity (Wildman–Crippen MR) is 132 cm³/mol. The van der Waals surface area contributed by atoms with Gasteiger partial charge in [-0.25, -0.2) is 28.1 Å². The highest BCUT2D eigenvalue weighted by molar-refractivity contribution is 5.77. The number of esters is 2. The van der Waals surface area contributed by atoms with E-state index in [1.165, 1.54) is 6.08 Å². The number of aromatic nitrogens is 3. The van der Waals surface area contributed by atoms with Crippen molar-refractivity contribution in [2.24, 2.45) is 5.41 Å². The molecule has 0 radical (unpaired) electrons. The van der Waals surface area contributed by atoms with Gasteiger partial charge < -0.3 is 19.7 Å². The fourth-order valence-corrected chi connectivity index (χ4v) is 3.39. The first-order valence-electron chi connectivity index (χ1n) is 12.0. The summed E-state index contributed by atoms with van der Waals surface area (Å²) in [4.78, 5) is 62.0. The van der Waals surface area contributed by atoms with E-state index in [9.17, 15) is 34.2 Å². The van der Waals surface area contributed by atoms with E-state index in [2.05, 4.69) is 6.58 Å². The number of rotatable bonds is 15. The van der Waals surface area contributed by atoms with Crippen molar-refractivity contribution in [3.8, 4) is 0 Å². The summed E-state index contributed by atoms with van der Waals surface area (Å²) in [6.45, 7) is 11.1. The van der Waals surface area contributed by atoms with Crippen molar-refractivity contribution in [1.29, 1.82) is 0 Å². The molecule has 0 saturated heterocycles. The molecule has 2 unspecified atom stereocenters. The molecule has 0 aliphatic rings. The van der Waals surface area contributed by atoms with Crippen LogP contribution in [0.2, 0.25) is 0 Å². The van der Waals surface area contributed by atoms with Crippen LogP contribution in [0.25, 0.3) is 0 Å². The maximum Gasteiger partial charge on any atom is 0.336 e. The summed E-state index contributed by atoms with van der Waals surface area (Å²) in [5, 5.41) is 20.8. The highest BCUT2D eigenvalue weighted by Crippen LogP contribution is 2.26. The summed E-state index contributed by atoms with van der Waals surface area (Å²) in [5.74, 6) is -1.33. The molecule has 0 amide bonds. The Labute approximate surface area is 209 Å². The minimum atomic E-state index is -1.45. The van der Waals surface area contributed by atoms with E-state index in [-0.39, 0.29) is 37.5 Å². The van der Waals surface area contributed by atoms with Crippen molar-refractivity contribution in [3.63, 3.8) is 0 Å². The van der Waals surface area contributed by atoms with Crippen LogP contribution in [0.3, 0.4) is 0 Å². The van der Waals surface area contributed by atoms with Crippen LogP contribution in [0.5, 0.6) is 0 Å². The molecular weight excluding hydrogens is 474 g/mol. The van der Waals surface area contributed by atoms with Crippen molar-refractivity contribution in [2.45, 2.75) is 98.2 Å². The standard InChI is InChI=1S/C24H39N3O9/c1-7-11-25-21(32)26(13-17(28)12-24(5,6)8-2)23(34)27(22(25)33)14-18(29)15-35-19(30)9-10-20(31)36-16(3)4/h7,16-18,28-29H,1,8-15H2,2-6H3. The number of nitrogens with zero attached hydrogens (tertiary/aromatic N) is 3. The second-order valence-corrected chi connectivity index (χ2v) is 9.72. The molecule has 1 rings (SSSR count). The first kappa shape index (κ1) is 31.0. The van der Waals surface area contributed by atoms with Crippen LogP contribution in [-0.4, -0.2) is 60.8 Å². The summed E-state index contributed by atoms with van der Waals surface area (Å²) in [7, 11) is 0. The van der Waals surface area contributed by atoms with E-state index in [1.807, 2.05) is 20.8 Å². The van der Waals surface area contributed by atoms with Crippen LogP contribution in [0.4, 0.5) is 0 Å². The molecule has 1 aromatic rings. The minimum absolute atomic E-state index is 0.188. The van der Waals surface area contributed by atoms with Gasteiger partial charge in [-0.3, -0.25) is 9.59 Å². The van der Waals surface area contributed by atoms with Gasteiger partial charge in [0.05, 0.1) is 44.7 Å². The van der Waals surface area contributed by atoms with E-state index in [0.29, 0.717) is 11.0 Å². The Morgan fingerprint density at radius 3 is 1.94 bits per heavy atom. The summed E-state index contributed by atoms with van der Waals surface area (Å²) in [6, 6.07) is 0. The molecule has 0 bridgehead atoms. The quantitative estimate of drug-likeness (QED) is 0.246. The van der Waals surface area contributed by atoms with Crippen LogP contribution in [-0.2, 0) is 38.7 Å². The summed E-state index contributed by atoms with van der Waals surface area (Å²) >= 11 is 0. The average Bonchev–Trinajstić information content (AvgIpc) is 2.79. The van der Waals surface area contributed by atoms with Gasteiger partial charge in [-0.15, -0.1) is 6.58 Å². The topological polar surface area (TPSA) is 159 Å². The maximum atomic E-state index is 13.0. The lowest BCUT2D eigenvalue weighted by Gasteiger charge is -2.26. The molecule has 0 aliphatic heterocycles. The number of aliphatic hydroxyl groups excluding tert-OH is 2. The third-order valence-corrected chi connectivity index (χ3v) is 5.57. The SMILES string of the molecule is C=CCn1c(=O)n(CC(O)COC(=O)CCC(=O)OC(C)C)c(=O)n(CC(O)CC(C)(C)CC)c1=O. The van der Waals surface area contributed by atoms with E-state index < -0.39 is 54.4 Å². The molecule has 0 spiro atoms. The highest BCUT2D eigenvalue weighted by atomic mass is 16.5. The Bertz CT molecular complexity index is 1080. The van der Waals surface area contributed by atoms with Gasteiger partial charge >= 0.3 is 29.0 Å². The Kier molecular flexibility index (Phi) is 12.0. The third-order valence-electron chi connectivity index (χ3n) is 5.57. The van der Waals surface area contributed by atoms with Gasteiger partial charge in [0.25, 0.3) is 0 Å². The first-order chi connectivity index (χ1) is 16.7. The molecule has 12 heteroatoms. The molecule has 0 fully saturated rings. The number of aliphatic hydroxyl groups is 2. The van der Waals surface area contributed by atoms with Crippen molar-refractivity contribution in [2.75, 3.05) is 6.61 Å². The third kappa shape index (κ3) is 9.57. The Morgan fingerprint density at radius 2 is 1.44 bits per heavy atom.